The van der Waals surface area contributed by atoms with Crippen molar-refractivity contribution in [2.24, 2.45) is 5.41 Å². The summed E-state index contributed by atoms with van der Waals surface area (Å²) >= 11 is 5.96. The molecule has 0 atom stereocenters. The SMILES string of the molecule is COc1c(Cl)cccc1NC(=O)CC1(C(=O)O)CCC1. The van der Waals surface area contributed by atoms with Gasteiger partial charge in [-0.3, -0.25) is 9.59 Å². The summed E-state index contributed by atoms with van der Waals surface area (Å²) in [5, 5.41) is 12.3. The number of rotatable bonds is 5. The highest BCUT2D eigenvalue weighted by Crippen LogP contribution is 2.44. The van der Waals surface area contributed by atoms with Crippen LogP contribution in [0, 0.1) is 5.41 Å². The molecule has 2 N–H and O–H groups in total. The molecule has 0 saturated heterocycles. The molecule has 2 rings (SSSR count). The van der Waals surface area contributed by atoms with E-state index >= 15 is 0 Å². The molecule has 0 radical (unpaired) electrons. The highest BCUT2D eigenvalue weighted by atomic mass is 35.5. The van der Waals surface area contributed by atoms with Crippen LogP contribution in [0.1, 0.15) is 25.7 Å². The number of carboxylic acid groups (broad SMARTS) is 1. The van der Waals surface area contributed by atoms with Gasteiger partial charge in [0.15, 0.2) is 5.75 Å². The quantitative estimate of drug-likeness (QED) is 0.876. The largest absolute Gasteiger partial charge is 0.493 e. The minimum absolute atomic E-state index is 0.0298. The minimum atomic E-state index is -0.907. The van der Waals surface area contributed by atoms with Gasteiger partial charge >= 0.3 is 5.97 Å². The molecule has 1 fully saturated rings. The first-order valence-corrected chi connectivity index (χ1v) is 6.72. The van der Waals surface area contributed by atoms with Crippen LogP contribution >= 0.6 is 11.6 Å². The minimum Gasteiger partial charge on any atom is -0.493 e. The number of ether oxygens (including phenoxy) is 1. The van der Waals surface area contributed by atoms with Gasteiger partial charge in [-0.25, -0.2) is 0 Å². The predicted molar refractivity (Wildman–Crippen MR) is 75.2 cm³/mol. The van der Waals surface area contributed by atoms with Gasteiger partial charge in [-0.1, -0.05) is 24.1 Å². The Kier molecular flexibility index (Phi) is 4.18. The maximum absolute atomic E-state index is 12.0. The van der Waals surface area contributed by atoms with Crippen molar-refractivity contribution in [2.45, 2.75) is 25.7 Å². The summed E-state index contributed by atoms with van der Waals surface area (Å²) in [6.45, 7) is 0. The van der Waals surface area contributed by atoms with Crippen LogP contribution in [0.3, 0.4) is 0 Å². The van der Waals surface area contributed by atoms with Crippen molar-refractivity contribution >= 4 is 29.2 Å². The number of carbonyl (C=O) groups is 2. The molecule has 0 unspecified atom stereocenters. The number of benzene rings is 1. The van der Waals surface area contributed by atoms with Crippen LogP contribution in [0.25, 0.3) is 0 Å². The summed E-state index contributed by atoms with van der Waals surface area (Å²) in [5.74, 6) is -0.870. The van der Waals surface area contributed by atoms with Crippen molar-refractivity contribution in [3.8, 4) is 5.75 Å². The van der Waals surface area contributed by atoms with Crippen LogP contribution in [-0.4, -0.2) is 24.1 Å². The molecule has 1 aromatic rings. The first kappa shape index (κ1) is 14.7. The summed E-state index contributed by atoms with van der Waals surface area (Å²) < 4.78 is 5.13. The van der Waals surface area contributed by atoms with Crippen molar-refractivity contribution in [3.05, 3.63) is 23.2 Å². The zero-order chi connectivity index (χ0) is 14.8. The first-order valence-electron chi connectivity index (χ1n) is 6.34. The number of carboxylic acids is 1. The molecule has 6 heteroatoms. The Morgan fingerprint density at radius 2 is 2.15 bits per heavy atom. The first-order chi connectivity index (χ1) is 9.48. The second kappa shape index (κ2) is 5.71. The van der Waals surface area contributed by atoms with Crippen molar-refractivity contribution in [1.29, 1.82) is 0 Å². The van der Waals surface area contributed by atoms with Crippen LogP contribution in [-0.2, 0) is 9.59 Å². The fourth-order valence-electron chi connectivity index (χ4n) is 2.39. The van der Waals surface area contributed by atoms with Gasteiger partial charge in [-0.15, -0.1) is 0 Å². The summed E-state index contributed by atoms with van der Waals surface area (Å²) in [7, 11) is 1.46. The Morgan fingerprint density at radius 1 is 1.45 bits per heavy atom. The zero-order valence-electron chi connectivity index (χ0n) is 11.1. The van der Waals surface area contributed by atoms with Gasteiger partial charge in [0.05, 0.1) is 23.2 Å². The monoisotopic (exact) mass is 297 g/mol. The molecular formula is C14H16ClNO4. The smallest absolute Gasteiger partial charge is 0.310 e. The van der Waals surface area contributed by atoms with E-state index in [0.717, 1.165) is 6.42 Å². The Labute approximate surface area is 121 Å². The lowest BCUT2D eigenvalue weighted by Gasteiger charge is -2.36. The number of hydrogen-bond donors (Lipinski definition) is 2. The van der Waals surface area contributed by atoms with E-state index in [-0.39, 0.29) is 12.3 Å². The molecule has 1 saturated carbocycles. The molecule has 20 heavy (non-hydrogen) atoms. The van der Waals surface area contributed by atoms with E-state index in [2.05, 4.69) is 5.32 Å². The van der Waals surface area contributed by atoms with Gasteiger partial charge in [-0.2, -0.15) is 0 Å². The lowest BCUT2D eigenvalue weighted by atomic mass is 9.66. The zero-order valence-corrected chi connectivity index (χ0v) is 11.9. The third-order valence-corrected chi connectivity index (χ3v) is 4.01. The maximum Gasteiger partial charge on any atom is 0.310 e. The van der Waals surface area contributed by atoms with E-state index in [1.165, 1.54) is 7.11 Å². The van der Waals surface area contributed by atoms with Crippen molar-refractivity contribution < 1.29 is 19.4 Å². The second-order valence-corrected chi connectivity index (χ2v) is 5.39. The molecule has 0 aliphatic heterocycles. The van der Waals surface area contributed by atoms with Crippen LogP contribution in [0.15, 0.2) is 18.2 Å². The van der Waals surface area contributed by atoms with Gasteiger partial charge in [0.1, 0.15) is 0 Å². The standard InChI is InChI=1S/C14H16ClNO4/c1-20-12-9(15)4-2-5-10(12)16-11(17)8-14(13(18)19)6-3-7-14/h2,4-5H,3,6-8H2,1H3,(H,16,17)(H,18,19). The lowest BCUT2D eigenvalue weighted by molar-refractivity contribution is -0.157. The van der Waals surface area contributed by atoms with Crippen molar-refractivity contribution in [3.63, 3.8) is 0 Å². The molecule has 0 aromatic heterocycles. The molecule has 1 aliphatic rings. The number of anilines is 1. The molecular weight excluding hydrogens is 282 g/mol. The van der Waals surface area contributed by atoms with Gasteiger partial charge in [0.2, 0.25) is 5.91 Å². The van der Waals surface area contributed by atoms with Gasteiger partial charge in [0.25, 0.3) is 0 Å². The normalized spacial score (nSPS) is 16.1. The van der Waals surface area contributed by atoms with E-state index in [4.69, 9.17) is 16.3 Å². The van der Waals surface area contributed by atoms with Gasteiger partial charge in [-0.05, 0) is 25.0 Å². The van der Waals surface area contributed by atoms with Crippen LogP contribution in [0.2, 0.25) is 5.02 Å². The van der Waals surface area contributed by atoms with E-state index in [9.17, 15) is 14.7 Å². The van der Waals surface area contributed by atoms with Crippen LogP contribution < -0.4 is 10.1 Å². The molecule has 108 valence electrons. The number of halogens is 1. The number of para-hydroxylation sites is 1. The van der Waals surface area contributed by atoms with Gasteiger partial charge in [0, 0.05) is 6.42 Å². The Balaban J connectivity index is 2.09. The number of amides is 1. The Morgan fingerprint density at radius 3 is 2.65 bits per heavy atom. The fourth-order valence-corrected chi connectivity index (χ4v) is 2.64. The molecule has 1 aliphatic carbocycles. The third kappa shape index (κ3) is 2.72. The van der Waals surface area contributed by atoms with Crippen molar-refractivity contribution in [1.82, 2.24) is 0 Å². The lowest BCUT2D eigenvalue weighted by Crippen LogP contribution is -2.41. The number of nitrogens with one attached hydrogen (secondary N) is 1. The van der Waals surface area contributed by atoms with E-state index < -0.39 is 11.4 Å². The fraction of sp³-hybridized carbons (Fsp3) is 0.429. The molecule has 0 heterocycles. The molecule has 0 bridgehead atoms. The average Bonchev–Trinajstić information content (AvgIpc) is 2.33. The number of methoxy groups -OCH3 is 1. The number of hydrogen-bond acceptors (Lipinski definition) is 3. The highest BCUT2D eigenvalue weighted by Gasteiger charge is 2.45. The molecule has 0 spiro atoms. The molecule has 5 nitrogen and oxygen atoms in total. The topological polar surface area (TPSA) is 75.6 Å². The second-order valence-electron chi connectivity index (χ2n) is 4.98. The molecule has 1 aromatic carbocycles. The Hall–Kier alpha value is -1.75. The summed E-state index contributed by atoms with van der Waals surface area (Å²) in [5.41, 5.74) is -0.458. The van der Waals surface area contributed by atoms with Gasteiger partial charge < -0.3 is 15.2 Å². The van der Waals surface area contributed by atoms with E-state index in [1.54, 1.807) is 18.2 Å². The van der Waals surface area contributed by atoms with Crippen LogP contribution in [0.5, 0.6) is 5.75 Å². The molecule has 1 amide bonds. The van der Waals surface area contributed by atoms with Crippen molar-refractivity contribution in [2.75, 3.05) is 12.4 Å². The third-order valence-electron chi connectivity index (χ3n) is 3.71. The Bertz CT molecular complexity index is 540. The summed E-state index contributed by atoms with van der Waals surface area (Å²) in [4.78, 5) is 23.3. The number of aliphatic carboxylic acids is 1. The predicted octanol–water partition coefficient (Wildman–Crippen LogP) is 2.93. The maximum atomic E-state index is 12.0. The van der Waals surface area contributed by atoms with E-state index in [0.29, 0.717) is 29.3 Å². The highest BCUT2D eigenvalue weighted by molar-refractivity contribution is 6.32. The number of carbonyl (C=O) groups excluding carboxylic acids is 1. The average molecular weight is 298 g/mol. The van der Waals surface area contributed by atoms with E-state index in [1.807, 2.05) is 0 Å². The van der Waals surface area contributed by atoms with Crippen LogP contribution in [0.4, 0.5) is 5.69 Å². The summed E-state index contributed by atoms with van der Waals surface area (Å²) in [6.07, 6.45) is 1.91. The summed E-state index contributed by atoms with van der Waals surface area (Å²) in [6, 6.07) is 5.01.